The Labute approximate surface area is 311 Å². The van der Waals surface area contributed by atoms with Crippen LogP contribution in [0.5, 0.6) is 34.5 Å². The maximum atomic E-state index is 13.0. The maximum absolute atomic E-state index is 13.0. The Hall–Kier alpha value is -4.45. The molecular weight excluding hydrogens is 678 g/mol. The van der Waals surface area contributed by atoms with Crippen molar-refractivity contribution in [2.24, 2.45) is 0 Å². The number of methoxy groups -OCH3 is 2. The third-order valence-electron chi connectivity index (χ3n) is 7.05. The Morgan fingerprint density at radius 3 is 1.24 bits per heavy atom. The SMILES string of the molecule is COc1ccc(CCC(=O)c2ccc(OP(=O)([O-])Oc3ccc(C(=O)CCc4ccc(OC)cc4)c(OC(C)=O)c3)cc2OC(C)=O)cc1.[Na+]. The van der Waals surface area contributed by atoms with Crippen LogP contribution in [0.3, 0.4) is 0 Å². The standard InChI is InChI=1S/C36H35O12P.Na/c1-23(37)45-35-21-29(15-17-31(35)33(39)19-9-25-5-11-27(43-3)12-6-25)47-49(41,42)48-30-16-18-32(36(22-30)46-24(2)38)34(40)20-10-26-7-13-28(44-4)14-8-26;/h5-8,11-18,21-22H,9-10,19-20H2,1-4H3,(H,41,42);/q;+1/p-1. The largest absolute Gasteiger partial charge is 1.00 e. The van der Waals surface area contributed by atoms with Crippen LogP contribution in [0, 0.1) is 0 Å². The predicted octanol–water partition coefficient (Wildman–Crippen LogP) is 3.12. The third kappa shape index (κ3) is 11.9. The maximum Gasteiger partial charge on any atom is 1.00 e. The molecule has 50 heavy (non-hydrogen) atoms. The van der Waals surface area contributed by atoms with Crippen molar-refractivity contribution in [1.29, 1.82) is 0 Å². The first-order valence-corrected chi connectivity index (χ1v) is 16.5. The summed E-state index contributed by atoms with van der Waals surface area (Å²) in [5, 5.41) is 0. The summed E-state index contributed by atoms with van der Waals surface area (Å²) >= 11 is 0. The van der Waals surface area contributed by atoms with Crippen molar-refractivity contribution in [3.05, 3.63) is 107 Å². The summed E-state index contributed by atoms with van der Waals surface area (Å²) in [5.74, 6) is -1.81. The topological polar surface area (TPSA) is 164 Å². The van der Waals surface area contributed by atoms with Gasteiger partial charge in [-0.05, 0) is 72.5 Å². The molecular formula is C36H34NaO12P. The number of phosphoric acid groups is 1. The number of hydrogen-bond acceptors (Lipinski definition) is 12. The molecule has 0 aliphatic heterocycles. The van der Waals surface area contributed by atoms with Crippen molar-refractivity contribution >= 4 is 31.3 Å². The van der Waals surface area contributed by atoms with E-state index in [1.807, 2.05) is 24.3 Å². The van der Waals surface area contributed by atoms with Gasteiger partial charge in [0.15, 0.2) is 11.6 Å². The number of benzene rings is 4. The fourth-order valence-corrected chi connectivity index (χ4v) is 5.49. The van der Waals surface area contributed by atoms with Gasteiger partial charge in [0, 0.05) is 38.8 Å². The zero-order valence-corrected chi connectivity index (χ0v) is 31.2. The van der Waals surface area contributed by atoms with Gasteiger partial charge in [0.2, 0.25) is 0 Å². The summed E-state index contributed by atoms with van der Waals surface area (Å²) in [6, 6.07) is 21.6. The molecule has 4 aromatic rings. The molecule has 0 saturated carbocycles. The van der Waals surface area contributed by atoms with E-state index >= 15 is 0 Å². The van der Waals surface area contributed by atoms with Crippen LogP contribution in [0.25, 0.3) is 0 Å². The quantitative estimate of drug-likeness (QED) is 0.0549. The van der Waals surface area contributed by atoms with Gasteiger partial charge in [-0.1, -0.05) is 24.3 Å². The van der Waals surface area contributed by atoms with Crippen LogP contribution in [0.15, 0.2) is 84.9 Å². The fraction of sp³-hybridized carbons (Fsp3) is 0.222. The summed E-state index contributed by atoms with van der Waals surface area (Å²) in [4.78, 5) is 62.6. The number of ether oxygens (including phenoxy) is 4. The second kappa shape index (κ2) is 18.5. The van der Waals surface area contributed by atoms with E-state index in [1.165, 1.54) is 24.3 Å². The summed E-state index contributed by atoms with van der Waals surface area (Å²) in [6.07, 6.45) is 0.947. The number of aryl methyl sites for hydroxylation is 2. The van der Waals surface area contributed by atoms with Crippen molar-refractivity contribution in [2.45, 2.75) is 39.5 Å². The molecule has 0 fully saturated rings. The molecule has 12 nitrogen and oxygen atoms in total. The number of carbonyl (C=O) groups excluding carboxylic acids is 4. The second-order valence-electron chi connectivity index (χ2n) is 10.7. The Morgan fingerprint density at radius 1 is 0.580 bits per heavy atom. The number of phosphoric ester groups is 1. The Balaban J connectivity index is 0.00000676. The van der Waals surface area contributed by atoms with Crippen molar-refractivity contribution in [1.82, 2.24) is 0 Å². The first-order chi connectivity index (χ1) is 23.3. The van der Waals surface area contributed by atoms with Gasteiger partial charge in [-0.2, -0.15) is 0 Å². The first-order valence-electron chi connectivity index (χ1n) is 15.0. The molecule has 256 valence electrons. The number of ketones is 2. The molecule has 0 atom stereocenters. The molecule has 0 N–H and O–H groups in total. The Bertz CT molecular complexity index is 1740. The van der Waals surface area contributed by atoms with Gasteiger partial charge in [0.1, 0.15) is 34.5 Å². The predicted molar refractivity (Wildman–Crippen MR) is 176 cm³/mol. The van der Waals surface area contributed by atoms with Crippen LogP contribution in [0.1, 0.15) is 58.5 Å². The van der Waals surface area contributed by atoms with Crippen LogP contribution in [-0.2, 0) is 27.0 Å². The average Bonchev–Trinajstić information content (AvgIpc) is 3.06. The normalized spacial score (nSPS) is 10.7. The molecule has 0 spiro atoms. The van der Waals surface area contributed by atoms with Crippen molar-refractivity contribution in [2.75, 3.05) is 14.2 Å². The monoisotopic (exact) mass is 712 g/mol. The average molecular weight is 713 g/mol. The van der Waals surface area contributed by atoms with E-state index in [9.17, 15) is 28.6 Å². The van der Waals surface area contributed by atoms with Gasteiger partial charge in [-0.15, -0.1) is 0 Å². The summed E-state index contributed by atoms with van der Waals surface area (Å²) in [7, 11) is -2.06. The van der Waals surface area contributed by atoms with E-state index in [2.05, 4.69) is 0 Å². The van der Waals surface area contributed by atoms with Crippen molar-refractivity contribution < 1.29 is 86.2 Å². The Morgan fingerprint density at radius 2 is 0.920 bits per heavy atom. The molecule has 0 aliphatic rings. The number of esters is 2. The molecule has 4 aromatic carbocycles. The van der Waals surface area contributed by atoms with E-state index in [-0.39, 0.29) is 88.1 Å². The van der Waals surface area contributed by atoms with Crippen molar-refractivity contribution in [3.8, 4) is 34.5 Å². The van der Waals surface area contributed by atoms with Gasteiger partial charge >= 0.3 is 49.3 Å². The smallest absolute Gasteiger partial charge is 0.736 e. The minimum absolute atomic E-state index is 0. The van der Waals surface area contributed by atoms with Crippen LogP contribution in [-0.4, -0.2) is 37.7 Å². The van der Waals surface area contributed by atoms with Crippen LogP contribution in [0.4, 0.5) is 0 Å². The minimum Gasteiger partial charge on any atom is -0.736 e. The van der Waals surface area contributed by atoms with Gasteiger partial charge < -0.3 is 32.9 Å². The van der Waals surface area contributed by atoms with Gasteiger partial charge in [0.25, 0.3) is 0 Å². The molecule has 0 aliphatic carbocycles. The third-order valence-corrected chi connectivity index (χ3v) is 7.92. The number of hydrogen-bond donors (Lipinski definition) is 0. The van der Waals surface area contributed by atoms with E-state index in [0.29, 0.717) is 24.3 Å². The molecule has 4 rings (SSSR count). The molecule has 14 heteroatoms. The zero-order valence-electron chi connectivity index (χ0n) is 28.3. The minimum atomic E-state index is -5.16. The van der Waals surface area contributed by atoms with E-state index < -0.39 is 19.8 Å². The van der Waals surface area contributed by atoms with Crippen molar-refractivity contribution in [3.63, 3.8) is 0 Å². The summed E-state index contributed by atoms with van der Waals surface area (Å²) in [5.41, 5.74) is 1.87. The molecule has 0 unspecified atom stereocenters. The fourth-order valence-electron chi connectivity index (χ4n) is 4.70. The van der Waals surface area contributed by atoms with Gasteiger partial charge in [-0.3, -0.25) is 19.2 Å². The zero-order chi connectivity index (χ0) is 35.6. The Kier molecular flexibility index (Phi) is 14.8. The van der Waals surface area contributed by atoms with Crippen LogP contribution >= 0.6 is 7.82 Å². The van der Waals surface area contributed by atoms with Gasteiger partial charge in [-0.25, -0.2) is 4.57 Å². The van der Waals surface area contributed by atoms with E-state index in [4.69, 9.17) is 28.0 Å². The number of Topliss-reactive ketones (excluding diaryl/α,β-unsaturated/α-hetero) is 2. The van der Waals surface area contributed by atoms with Gasteiger partial charge in [0.05, 0.1) is 25.3 Å². The summed E-state index contributed by atoms with van der Waals surface area (Å²) < 4.78 is 43.8. The molecule has 0 radical (unpaired) electrons. The summed E-state index contributed by atoms with van der Waals surface area (Å²) in [6.45, 7) is 2.27. The molecule has 0 amide bonds. The first kappa shape index (κ1) is 40.0. The number of carbonyl (C=O) groups is 4. The molecule has 0 aromatic heterocycles. The second-order valence-corrected chi connectivity index (χ2v) is 11.9. The van der Waals surface area contributed by atoms with E-state index in [0.717, 1.165) is 37.1 Å². The molecule has 0 saturated heterocycles. The van der Waals surface area contributed by atoms with Crippen LogP contribution < -0.4 is 62.4 Å². The number of rotatable bonds is 16. The molecule has 0 bridgehead atoms. The molecule has 0 heterocycles. The van der Waals surface area contributed by atoms with Crippen LogP contribution in [0.2, 0.25) is 0 Å². The van der Waals surface area contributed by atoms with E-state index in [1.54, 1.807) is 38.5 Å².